The Kier molecular flexibility index (Phi) is 8.23. The Morgan fingerprint density at radius 2 is 1.57 bits per heavy atom. The van der Waals surface area contributed by atoms with Gasteiger partial charge in [0.1, 0.15) is 11.8 Å². The number of carbonyl (C=O) groups is 6. The van der Waals surface area contributed by atoms with Crippen LogP contribution in [-0.2, 0) is 29.4 Å². The zero-order valence-electron chi connectivity index (χ0n) is 25.4. The number of phenols is 1. The third-order valence-electron chi connectivity index (χ3n) is 8.07. The molecule has 250 valence electrons. The Labute approximate surface area is 274 Å². The summed E-state index contributed by atoms with van der Waals surface area (Å²) in [7, 11) is 1.31. The first-order valence-corrected chi connectivity index (χ1v) is 14.7. The number of aryl methyl sites for hydroxylation is 1. The van der Waals surface area contributed by atoms with Crippen LogP contribution in [0.2, 0.25) is 0 Å². The zero-order valence-corrected chi connectivity index (χ0v) is 25.4. The van der Waals surface area contributed by atoms with E-state index in [4.69, 9.17) is 0 Å². The fourth-order valence-electron chi connectivity index (χ4n) is 5.56. The first-order valence-electron chi connectivity index (χ1n) is 14.7. The number of anilines is 1. The van der Waals surface area contributed by atoms with E-state index in [9.17, 15) is 47.0 Å². The SMILES string of the molecule is Cn1nc(C(F)(F)F)cc1-c1ccc(NC(=O)c2ccc(CNC(=O)c3ccc4c(c3)C(=O)N(C3CCC(=O)NC3=O)C4=O)cc2)cc1O. The van der Waals surface area contributed by atoms with Crippen molar-refractivity contribution in [2.24, 2.45) is 7.05 Å². The molecule has 16 heteroatoms. The number of fused-ring (bicyclic) bond motifs is 1. The van der Waals surface area contributed by atoms with Gasteiger partial charge in [0.25, 0.3) is 23.6 Å². The molecule has 49 heavy (non-hydrogen) atoms. The maximum absolute atomic E-state index is 13.0. The summed E-state index contributed by atoms with van der Waals surface area (Å²) in [5.41, 5.74) is 0.163. The number of carbonyl (C=O) groups excluding carboxylic acids is 6. The number of rotatable bonds is 7. The van der Waals surface area contributed by atoms with Gasteiger partial charge in [-0.3, -0.25) is 43.7 Å². The molecule has 6 rings (SSSR count). The number of amides is 6. The van der Waals surface area contributed by atoms with Crippen LogP contribution >= 0.6 is 0 Å². The number of halogens is 3. The van der Waals surface area contributed by atoms with Gasteiger partial charge in [-0.15, -0.1) is 0 Å². The highest BCUT2D eigenvalue weighted by Gasteiger charge is 2.44. The lowest BCUT2D eigenvalue weighted by Gasteiger charge is -2.27. The van der Waals surface area contributed by atoms with E-state index in [0.717, 1.165) is 15.6 Å². The first kappa shape index (κ1) is 32.6. The van der Waals surface area contributed by atoms with Crippen molar-refractivity contribution in [1.29, 1.82) is 0 Å². The van der Waals surface area contributed by atoms with Gasteiger partial charge in [-0.1, -0.05) is 12.1 Å². The summed E-state index contributed by atoms with van der Waals surface area (Å²) < 4.78 is 40.1. The molecule has 1 fully saturated rings. The standard InChI is InChI=1S/C33H25F3N6O7/c1-41-24(14-26(40-41)33(34,35)36)21-9-7-19(13-25(21)43)38-29(46)17-4-2-16(3-5-17)15-37-28(45)18-6-8-20-22(12-18)32(49)42(31(20)48)23-10-11-27(44)39-30(23)47/h2-9,12-14,23,43H,10-11,15H2,1H3,(H,37,45)(H,38,46)(H,39,44,47). The fraction of sp³-hybridized carbons (Fsp3) is 0.182. The molecule has 2 aliphatic heterocycles. The molecule has 1 unspecified atom stereocenters. The number of phenolic OH excluding ortho intramolecular Hbond substituents is 1. The minimum atomic E-state index is -4.65. The van der Waals surface area contributed by atoms with E-state index in [1.807, 2.05) is 0 Å². The Morgan fingerprint density at radius 1 is 0.898 bits per heavy atom. The van der Waals surface area contributed by atoms with Crippen molar-refractivity contribution in [3.63, 3.8) is 0 Å². The molecule has 0 aliphatic carbocycles. The van der Waals surface area contributed by atoms with Crippen molar-refractivity contribution in [2.45, 2.75) is 31.6 Å². The molecule has 13 nitrogen and oxygen atoms in total. The van der Waals surface area contributed by atoms with Gasteiger partial charge >= 0.3 is 6.18 Å². The highest BCUT2D eigenvalue weighted by atomic mass is 19.4. The van der Waals surface area contributed by atoms with Crippen LogP contribution in [0, 0.1) is 0 Å². The van der Waals surface area contributed by atoms with Crippen LogP contribution in [0.1, 0.15) is 65.5 Å². The number of hydrogen-bond acceptors (Lipinski definition) is 8. The first-order chi connectivity index (χ1) is 23.2. The molecule has 3 heterocycles. The Balaban J connectivity index is 1.06. The third kappa shape index (κ3) is 6.35. The molecule has 0 saturated carbocycles. The molecule has 1 atom stereocenters. The van der Waals surface area contributed by atoms with Crippen LogP contribution in [0.3, 0.4) is 0 Å². The molecule has 1 aromatic heterocycles. The van der Waals surface area contributed by atoms with E-state index >= 15 is 0 Å². The average Bonchev–Trinajstić information content (AvgIpc) is 3.56. The third-order valence-corrected chi connectivity index (χ3v) is 8.07. The van der Waals surface area contributed by atoms with E-state index in [1.165, 1.54) is 55.6 Å². The highest BCUT2D eigenvalue weighted by Crippen LogP contribution is 2.36. The number of aromatic hydroxyl groups is 1. The lowest BCUT2D eigenvalue weighted by Crippen LogP contribution is -2.54. The molecule has 0 spiro atoms. The van der Waals surface area contributed by atoms with Gasteiger partial charge in [-0.2, -0.15) is 18.3 Å². The lowest BCUT2D eigenvalue weighted by atomic mass is 10.0. The van der Waals surface area contributed by atoms with Crippen LogP contribution in [0.5, 0.6) is 5.75 Å². The van der Waals surface area contributed by atoms with Crippen LogP contribution in [0.25, 0.3) is 11.3 Å². The van der Waals surface area contributed by atoms with Crippen LogP contribution < -0.4 is 16.0 Å². The summed E-state index contributed by atoms with van der Waals surface area (Å²) in [5, 5.41) is 21.3. The molecule has 2 aliphatic rings. The zero-order chi connectivity index (χ0) is 35.2. The maximum atomic E-state index is 13.0. The van der Waals surface area contributed by atoms with E-state index < -0.39 is 53.4 Å². The van der Waals surface area contributed by atoms with Gasteiger partial charge in [0.05, 0.1) is 16.8 Å². The van der Waals surface area contributed by atoms with Gasteiger partial charge in [0, 0.05) is 48.5 Å². The predicted molar refractivity (Wildman–Crippen MR) is 164 cm³/mol. The van der Waals surface area contributed by atoms with Crippen LogP contribution in [0.15, 0.2) is 66.7 Å². The van der Waals surface area contributed by atoms with E-state index in [2.05, 4.69) is 21.0 Å². The number of nitrogens with one attached hydrogen (secondary N) is 3. The van der Waals surface area contributed by atoms with E-state index in [1.54, 1.807) is 12.1 Å². The normalized spacial score (nSPS) is 16.0. The second-order valence-corrected chi connectivity index (χ2v) is 11.3. The molecule has 0 bridgehead atoms. The summed E-state index contributed by atoms with van der Waals surface area (Å²) >= 11 is 0. The smallest absolute Gasteiger partial charge is 0.435 e. The van der Waals surface area contributed by atoms with Crippen molar-refractivity contribution in [2.75, 3.05) is 5.32 Å². The van der Waals surface area contributed by atoms with Crippen molar-refractivity contribution in [3.05, 3.63) is 100 Å². The second kappa shape index (κ2) is 12.4. The van der Waals surface area contributed by atoms with Crippen LogP contribution in [0.4, 0.5) is 18.9 Å². The summed E-state index contributed by atoms with van der Waals surface area (Å²) in [6, 6.07) is 13.8. The Bertz CT molecular complexity index is 2070. The van der Waals surface area contributed by atoms with Crippen molar-refractivity contribution < 1.29 is 47.0 Å². The van der Waals surface area contributed by atoms with Gasteiger partial charge in [-0.05, 0) is 60.5 Å². The monoisotopic (exact) mass is 674 g/mol. The minimum Gasteiger partial charge on any atom is -0.507 e. The maximum Gasteiger partial charge on any atom is 0.435 e. The Morgan fingerprint density at radius 3 is 2.22 bits per heavy atom. The lowest BCUT2D eigenvalue weighted by molar-refractivity contribution is -0.141. The molecular weight excluding hydrogens is 649 g/mol. The predicted octanol–water partition coefficient (Wildman–Crippen LogP) is 3.40. The van der Waals surface area contributed by atoms with Crippen molar-refractivity contribution in [3.8, 4) is 17.0 Å². The Hall–Kier alpha value is -6.32. The molecular formula is C33H25F3N6O7. The van der Waals surface area contributed by atoms with Crippen LogP contribution in [-0.4, -0.2) is 61.3 Å². The molecule has 4 aromatic rings. The molecule has 6 amide bonds. The van der Waals surface area contributed by atoms with Gasteiger partial charge < -0.3 is 15.7 Å². The highest BCUT2D eigenvalue weighted by molar-refractivity contribution is 6.24. The molecule has 1 saturated heterocycles. The van der Waals surface area contributed by atoms with E-state index in [-0.39, 0.29) is 64.3 Å². The summed E-state index contributed by atoms with van der Waals surface area (Å²) in [4.78, 5) is 76.2. The van der Waals surface area contributed by atoms with Crippen molar-refractivity contribution in [1.82, 2.24) is 25.3 Å². The van der Waals surface area contributed by atoms with Gasteiger partial charge in [0.15, 0.2) is 5.69 Å². The molecule has 0 radical (unpaired) electrons. The molecule has 3 aromatic carbocycles. The summed E-state index contributed by atoms with van der Waals surface area (Å²) in [6.07, 6.45) is -4.67. The number of hydrogen-bond donors (Lipinski definition) is 4. The quantitative estimate of drug-likeness (QED) is 0.215. The topological polar surface area (TPSA) is 180 Å². The number of piperidine rings is 1. The second-order valence-electron chi connectivity index (χ2n) is 11.3. The summed E-state index contributed by atoms with van der Waals surface area (Å²) in [6.45, 7) is 0.0481. The number of nitrogens with zero attached hydrogens (tertiary/aromatic N) is 3. The fourth-order valence-corrected chi connectivity index (χ4v) is 5.56. The largest absolute Gasteiger partial charge is 0.507 e. The number of aromatic nitrogens is 2. The van der Waals surface area contributed by atoms with Gasteiger partial charge in [0.2, 0.25) is 11.8 Å². The summed E-state index contributed by atoms with van der Waals surface area (Å²) in [5.74, 6) is -4.11. The van der Waals surface area contributed by atoms with Gasteiger partial charge in [-0.25, -0.2) is 0 Å². The number of alkyl halides is 3. The average molecular weight is 675 g/mol. The van der Waals surface area contributed by atoms with E-state index in [0.29, 0.717) is 5.56 Å². The minimum absolute atomic E-state index is 0.00497. The number of imide groups is 2. The molecule has 4 N–H and O–H groups in total. The van der Waals surface area contributed by atoms with Crippen molar-refractivity contribution >= 4 is 41.1 Å². The number of benzene rings is 3.